The van der Waals surface area contributed by atoms with E-state index in [4.69, 9.17) is 16.7 Å². The lowest BCUT2D eigenvalue weighted by atomic mass is 10.2. The summed E-state index contributed by atoms with van der Waals surface area (Å²) in [6.45, 7) is 3.43. The lowest BCUT2D eigenvalue weighted by molar-refractivity contribution is -0.139. The third-order valence-electron chi connectivity index (χ3n) is 1.99. The molecule has 17 heavy (non-hydrogen) atoms. The highest BCUT2D eigenvalue weighted by atomic mass is 35.5. The number of rotatable bonds is 5. The number of carbonyl (C=O) groups excluding carboxylic acids is 1. The van der Waals surface area contributed by atoms with E-state index >= 15 is 0 Å². The molecule has 0 saturated heterocycles. The molecule has 90 valence electrons. The Balaban J connectivity index is 2.77. The van der Waals surface area contributed by atoms with Gasteiger partial charge < -0.3 is 10.4 Å². The fraction of sp³-hybridized carbons (Fsp3) is 0.182. The summed E-state index contributed by atoms with van der Waals surface area (Å²) in [7, 11) is 0. The van der Waals surface area contributed by atoms with E-state index in [1.54, 1.807) is 0 Å². The average Bonchev–Trinajstić information content (AvgIpc) is 2.28. The van der Waals surface area contributed by atoms with Gasteiger partial charge in [-0.1, -0.05) is 17.7 Å². The maximum atomic E-state index is 11.7. The Morgan fingerprint density at radius 2 is 2.35 bits per heavy atom. The molecule has 0 aromatic carbocycles. The first-order valence-electron chi connectivity index (χ1n) is 4.80. The van der Waals surface area contributed by atoms with Crippen molar-refractivity contribution >= 4 is 23.5 Å². The van der Waals surface area contributed by atoms with Gasteiger partial charge in [0.15, 0.2) is 0 Å². The van der Waals surface area contributed by atoms with Crippen molar-refractivity contribution in [3.8, 4) is 0 Å². The predicted molar refractivity (Wildman–Crippen MR) is 63.0 cm³/mol. The van der Waals surface area contributed by atoms with Crippen LogP contribution < -0.4 is 5.32 Å². The molecule has 6 heteroatoms. The number of pyridine rings is 1. The van der Waals surface area contributed by atoms with E-state index in [9.17, 15) is 9.59 Å². The van der Waals surface area contributed by atoms with Crippen LogP contribution in [0.2, 0.25) is 5.15 Å². The van der Waals surface area contributed by atoms with Crippen LogP contribution in [0.4, 0.5) is 0 Å². The van der Waals surface area contributed by atoms with Gasteiger partial charge in [0.05, 0.1) is 0 Å². The van der Waals surface area contributed by atoms with E-state index in [1.807, 2.05) is 0 Å². The standard InChI is InChI=1S/C11H11ClN2O3/c1-2-3-8(11(16)17)14-10(15)7-4-5-13-9(12)6-7/h2,4-6,8H,1,3H2,(H,14,15)(H,16,17). The zero-order valence-electron chi connectivity index (χ0n) is 8.89. The normalized spacial score (nSPS) is 11.6. The molecule has 1 unspecified atom stereocenters. The van der Waals surface area contributed by atoms with Crippen LogP contribution in [0.1, 0.15) is 16.8 Å². The van der Waals surface area contributed by atoms with Crippen LogP contribution in [-0.4, -0.2) is 28.0 Å². The van der Waals surface area contributed by atoms with Gasteiger partial charge in [-0.3, -0.25) is 4.79 Å². The number of carboxylic acids is 1. The summed E-state index contributed by atoms with van der Waals surface area (Å²) in [6, 6.07) is 1.82. The van der Waals surface area contributed by atoms with E-state index < -0.39 is 17.9 Å². The molecule has 0 fully saturated rings. The number of aromatic nitrogens is 1. The highest BCUT2D eigenvalue weighted by molar-refractivity contribution is 6.29. The molecule has 0 spiro atoms. The lowest BCUT2D eigenvalue weighted by Crippen LogP contribution is -2.40. The third kappa shape index (κ3) is 3.88. The lowest BCUT2D eigenvalue weighted by Gasteiger charge is -2.12. The van der Waals surface area contributed by atoms with E-state index in [1.165, 1.54) is 24.4 Å². The molecule has 0 radical (unpaired) electrons. The summed E-state index contributed by atoms with van der Waals surface area (Å²) >= 11 is 5.63. The second kappa shape index (κ2) is 6.00. The van der Waals surface area contributed by atoms with Gasteiger partial charge in [-0.15, -0.1) is 6.58 Å². The second-order valence-corrected chi connectivity index (χ2v) is 3.64. The van der Waals surface area contributed by atoms with Crippen LogP contribution in [0, 0.1) is 0 Å². The van der Waals surface area contributed by atoms with Crippen LogP contribution >= 0.6 is 11.6 Å². The molecular formula is C11H11ClN2O3. The van der Waals surface area contributed by atoms with Crippen LogP contribution in [0.15, 0.2) is 31.0 Å². The van der Waals surface area contributed by atoms with Gasteiger partial charge in [0, 0.05) is 11.8 Å². The molecule has 1 atom stereocenters. The number of aliphatic carboxylic acids is 1. The summed E-state index contributed by atoms with van der Waals surface area (Å²) in [5.41, 5.74) is 0.264. The smallest absolute Gasteiger partial charge is 0.326 e. The van der Waals surface area contributed by atoms with E-state index in [2.05, 4.69) is 16.9 Å². The van der Waals surface area contributed by atoms with Crippen molar-refractivity contribution in [3.63, 3.8) is 0 Å². The van der Waals surface area contributed by atoms with E-state index in [0.29, 0.717) is 0 Å². The SMILES string of the molecule is C=CCC(NC(=O)c1ccnc(Cl)c1)C(=O)O. The molecule has 0 aliphatic rings. The maximum absolute atomic E-state index is 11.7. The summed E-state index contributed by atoms with van der Waals surface area (Å²) in [5.74, 6) is -1.62. The Hall–Kier alpha value is -1.88. The molecule has 1 rings (SSSR count). The monoisotopic (exact) mass is 254 g/mol. The van der Waals surface area contributed by atoms with Crippen LogP contribution in [0.25, 0.3) is 0 Å². The van der Waals surface area contributed by atoms with Crippen molar-refractivity contribution in [2.24, 2.45) is 0 Å². The fourth-order valence-corrected chi connectivity index (χ4v) is 1.35. The summed E-state index contributed by atoms with van der Waals surface area (Å²) in [4.78, 5) is 26.2. The molecule has 1 aromatic heterocycles. The molecule has 0 bridgehead atoms. The zero-order valence-corrected chi connectivity index (χ0v) is 9.65. The highest BCUT2D eigenvalue weighted by Crippen LogP contribution is 2.07. The number of amides is 1. The molecule has 0 saturated carbocycles. The first kappa shape index (κ1) is 13.2. The number of halogens is 1. The molecule has 1 aromatic rings. The van der Waals surface area contributed by atoms with E-state index in [-0.39, 0.29) is 17.1 Å². The summed E-state index contributed by atoms with van der Waals surface area (Å²) in [6.07, 6.45) is 2.96. The van der Waals surface area contributed by atoms with Gasteiger partial charge in [0.2, 0.25) is 0 Å². The molecule has 2 N–H and O–H groups in total. The van der Waals surface area contributed by atoms with Gasteiger partial charge in [0.25, 0.3) is 5.91 Å². The minimum Gasteiger partial charge on any atom is -0.480 e. The van der Waals surface area contributed by atoms with Gasteiger partial charge in [0.1, 0.15) is 11.2 Å². The van der Waals surface area contributed by atoms with Gasteiger partial charge in [-0.05, 0) is 18.6 Å². The Morgan fingerprint density at radius 3 is 2.88 bits per heavy atom. The van der Waals surface area contributed by atoms with Crippen molar-refractivity contribution in [3.05, 3.63) is 41.7 Å². The predicted octanol–water partition coefficient (Wildman–Crippen LogP) is 1.49. The van der Waals surface area contributed by atoms with Crippen LogP contribution in [0.3, 0.4) is 0 Å². The molecule has 1 heterocycles. The number of hydrogen-bond acceptors (Lipinski definition) is 3. The first-order chi connectivity index (χ1) is 8.04. The molecule has 1 amide bonds. The molecule has 5 nitrogen and oxygen atoms in total. The molecular weight excluding hydrogens is 244 g/mol. The Labute approximate surface area is 103 Å². The number of nitrogens with one attached hydrogen (secondary N) is 1. The van der Waals surface area contributed by atoms with Crippen molar-refractivity contribution in [2.75, 3.05) is 0 Å². The van der Waals surface area contributed by atoms with Crippen molar-refractivity contribution in [1.29, 1.82) is 0 Å². The summed E-state index contributed by atoms with van der Waals surface area (Å²) < 4.78 is 0. The van der Waals surface area contributed by atoms with Gasteiger partial charge in [-0.25, -0.2) is 9.78 Å². The Bertz CT molecular complexity index is 448. The Morgan fingerprint density at radius 1 is 1.65 bits per heavy atom. The molecule has 0 aliphatic carbocycles. The number of nitrogens with zero attached hydrogens (tertiary/aromatic N) is 1. The van der Waals surface area contributed by atoms with Gasteiger partial charge >= 0.3 is 5.97 Å². The Kier molecular flexibility index (Phi) is 4.66. The quantitative estimate of drug-likeness (QED) is 0.616. The number of hydrogen-bond donors (Lipinski definition) is 2. The second-order valence-electron chi connectivity index (χ2n) is 3.26. The van der Waals surface area contributed by atoms with Gasteiger partial charge in [-0.2, -0.15) is 0 Å². The number of carbonyl (C=O) groups is 2. The van der Waals surface area contributed by atoms with Crippen LogP contribution in [-0.2, 0) is 4.79 Å². The summed E-state index contributed by atoms with van der Waals surface area (Å²) in [5, 5.41) is 11.4. The minimum absolute atomic E-state index is 0.153. The zero-order chi connectivity index (χ0) is 12.8. The van der Waals surface area contributed by atoms with E-state index in [0.717, 1.165) is 0 Å². The fourth-order valence-electron chi connectivity index (χ4n) is 1.17. The van der Waals surface area contributed by atoms with Crippen LogP contribution in [0.5, 0.6) is 0 Å². The largest absolute Gasteiger partial charge is 0.480 e. The van der Waals surface area contributed by atoms with Crippen molar-refractivity contribution in [1.82, 2.24) is 10.3 Å². The first-order valence-corrected chi connectivity index (χ1v) is 5.18. The topological polar surface area (TPSA) is 79.3 Å². The van der Waals surface area contributed by atoms with Crippen molar-refractivity contribution in [2.45, 2.75) is 12.5 Å². The minimum atomic E-state index is -1.11. The molecule has 0 aliphatic heterocycles. The highest BCUT2D eigenvalue weighted by Gasteiger charge is 2.19. The third-order valence-corrected chi connectivity index (χ3v) is 2.20. The average molecular weight is 255 g/mol. The van der Waals surface area contributed by atoms with Crippen molar-refractivity contribution < 1.29 is 14.7 Å². The number of carboxylic acid groups (broad SMARTS) is 1. The maximum Gasteiger partial charge on any atom is 0.326 e.